The molecule has 1 aliphatic heterocycles. The lowest BCUT2D eigenvalue weighted by molar-refractivity contribution is -0.384. The number of nitro groups is 1. The molecule has 7 heteroatoms. The zero-order valence-corrected chi connectivity index (χ0v) is 11.3. The van der Waals surface area contributed by atoms with Crippen molar-refractivity contribution >= 4 is 22.8 Å². The summed E-state index contributed by atoms with van der Waals surface area (Å²) in [5, 5.41) is 14.0. The Labute approximate surface area is 120 Å². The maximum Gasteiger partial charge on any atom is 0.296 e. The molecule has 110 valence electrons. The van der Waals surface area contributed by atoms with Gasteiger partial charge in [0.05, 0.1) is 23.1 Å². The lowest BCUT2D eigenvalue weighted by atomic mass is 10.1. The van der Waals surface area contributed by atoms with Gasteiger partial charge < -0.3 is 14.5 Å². The molecule has 2 heterocycles. The van der Waals surface area contributed by atoms with Crippen molar-refractivity contribution in [2.24, 2.45) is 5.92 Å². The van der Waals surface area contributed by atoms with Gasteiger partial charge in [0.15, 0.2) is 5.58 Å². The number of non-ortho nitro benzene ring substituents is 1. The molecule has 1 aromatic carbocycles. The lowest BCUT2D eigenvalue weighted by Crippen LogP contribution is -2.31. The number of oxazole rings is 1. The van der Waals surface area contributed by atoms with E-state index in [9.17, 15) is 10.1 Å². The smallest absolute Gasteiger partial charge is 0.296 e. The number of nitro benzene ring substituents is 1. The molecule has 2 fully saturated rings. The first-order chi connectivity index (χ1) is 10.2. The summed E-state index contributed by atoms with van der Waals surface area (Å²) in [5.74, 6) is 0.649. The van der Waals surface area contributed by atoms with Gasteiger partial charge in [-0.15, -0.1) is 0 Å². The van der Waals surface area contributed by atoms with Gasteiger partial charge in [0, 0.05) is 12.7 Å². The number of benzene rings is 1. The van der Waals surface area contributed by atoms with Gasteiger partial charge in [0.2, 0.25) is 0 Å². The summed E-state index contributed by atoms with van der Waals surface area (Å²) in [6.45, 7) is 0.754. The van der Waals surface area contributed by atoms with E-state index in [4.69, 9.17) is 9.15 Å². The molecule has 0 amide bonds. The maximum absolute atomic E-state index is 10.8. The monoisotopic (exact) mass is 289 g/mol. The number of fused-ring (bicyclic) bond motifs is 1. The first kappa shape index (κ1) is 12.6. The number of aromatic nitrogens is 1. The number of ether oxygens (including phenoxy) is 1. The Morgan fingerprint density at radius 1 is 1.33 bits per heavy atom. The van der Waals surface area contributed by atoms with Crippen LogP contribution in [0.25, 0.3) is 11.1 Å². The zero-order chi connectivity index (χ0) is 14.4. The third kappa shape index (κ3) is 2.33. The Kier molecular flexibility index (Phi) is 2.81. The van der Waals surface area contributed by atoms with Crippen molar-refractivity contribution in [2.75, 3.05) is 11.9 Å². The number of nitrogens with one attached hydrogen (secondary N) is 1. The minimum absolute atomic E-state index is 0.00487. The number of hydrogen-bond donors (Lipinski definition) is 1. The third-order valence-corrected chi connectivity index (χ3v) is 4.11. The minimum Gasteiger partial charge on any atom is -0.423 e. The fraction of sp³-hybridized carbons (Fsp3) is 0.500. The second kappa shape index (κ2) is 4.70. The predicted molar refractivity (Wildman–Crippen MR) is 75.2 cm³/mol. The van der Waals surface area contributed by atoms with E-state index in [1.54, 1.807) is 6.07 Å². The molecule has 1 saturated carbocycles. The summed E-state index contributed by atoms with van der Waals surface area (Å²) in [5.41, 5.74) is 1.05. The molecule has 21 heavy (non-hydrogen) atoms. The molecule has 0 radical (unpaired) electrons. The van der Waals surface area contributed by atoms with Crippen LogP contribution in [0.4, 0.5) is 11.7 Å². The SMILES string of the molecule is O=[N+]([O-])c1ccc2nc(NC3CCOC3C3CC3)oc2c1. The Balaban J connectivity index is 1.57. The number of nitrogens with zero attached hydrogens (tertiary/aromatic N) is 2. The van der Waals surface area contributed by atoms with Crippen molar-refractivity contribution in [3.05, 3.63) is 28.3 Å². The molecule has 0 spiro atoms. The van der Waals surface area contributed by atoms with Crippen LogP contribution in [0.1, 0.15) is 19.3 Å². The van der Waals surface area contributed by atoms with E-state index in [0.29, 0.717) is 23.0 Å². The van der Waals surface area contributed by atoms with E-state index in [1.165, 1.54) is 25.0 Å². The number of hydrogen-bond acceptors (Lipinski definition) is 6. The van der Waals surface area contributed by atoms with E-state index in [1.807, 2.05) is 0 Å². The van der Waals surface area contributed by atoms with E-state index in [2.05, 4.69) is 10.3 Å². The molecule has 1 N–H and O–H groups in total. The minimum atomic E-state index is -0.441. The first-order valence-corrected chi connectivity index (χ1v) is 7.14. The van der Waals surface area contributed by atoms with Crippen molar-refractivity contribution in [1.82, 2.24) is 4.98 Å². The molecule has 0 bridgehead atoms. The Morgan fingerprint density at radius 3 is 2.95 bits per heavy atom. The molecule has 2 atom stereocenters. The van der Waals surface area contributed by atoms with Gasteiger partial charge in [-0.3, -0.25) is 10.1 Å². The van der Waals surface area contributed by atoms with Gasteiger partial charge >= 0.3 is 0 Å². The first-order valence-electron chi connectivity index (χ1n) is 7.14. The summed E-state index contributed by atoms with van der Waals surface area (Å²) in [7, 11) is 0. The van der Waals surface area contributed by atoms with Crippen LogP contribution in [0.3, 0.4) is 0 Å². The molecule has 2 aromatic rings. The van der Waals surface area contributed by atoms with Gasteiger partial charge in [-0.05, 0) is 31.2 Å². The second-order valence-electron chi connectivity index (χ2n) is 5.64. The Morgan fingerprint density at radius 2 is 2.19 bits per heavy atom. The van der Waals surface area contributed by atoms with Crippen LogP contribution in [0.2, 0.25) is 0 Å². The molecule has 1 aromatic heterocycles. The highest BCUT2D eigenvalue weighted by Crippen LogP contribution is 2.39. The summed E-state index contributed by atoms with van der Waals surface area (Å²) in [6.07, 6.45) is 3.61. The van der Waals surface area contributed by atoms with Crippen molar-refractivity contribution < 1.29 is 14.1 Å². The van der Waals surface area contributed by atoms with Gasteiger partial charge in [-0.1, -0.05) is 0 Å². The van der Waals surface area contributed by atoms with Crippen molar-refractivity contribution in [3.8, 4) is 0 Å². The molecular formula is C14H15N3O4. The van der Waals surface area contributed by atoms with Crippen molar-refractivity contribution in [1.29, 1.82) is 0 Å². The maximum atomic E-state index is 10.8. The number of anilines is 1. The fourth-order valence-electron chi connectivity index (χ4n) is 2.90. The molecule has 2 aliphatic rings. The van der Waals surface area contributed by atoms with Crippen molar-refractivity contribution in [3.63, 3.8) is 0 Å². The standard InChI is InChI=1S/C14H15N3O4/c18-17(19)9-3-4-10-12(7-9)21-14(15-10)16-11-5-6-20-13(11)8-1-2-8/h3-4,7-8,11,13H,1-2,5-6H2,(H,15,16). The van der Waals surface area contributed by atoms with E-state index in [-0.39, 0.29) is 17.8 Å². The Bertz CT molecular complexity index is 695. The summed E-state index contributed by atoms with van der Waals surface area (Å²) in [6, 6.07) is 5.05. The molecule has 4 rings (SSSR count). The molecule has 7 nitrogen and oxygen atoms in total. The highest BCUT2D eigenvalue weighted by atomic mass is 16.6. The molecular weight excluding hydrogens is 274 g/mol. The molecule has 1 saturated heterocycles. The van der Waals surface area contributed by atoms with Crippen LogP contribution in [-0.4, -0.2) is 28.7 Å². The van der Waals surface area contributed by atoms with Crippen LogP contribution < -0.4 is 5.32 Å². The highest BCUT2D eigenvalue weighted by molar-refractivity contribution is 5.77. The number of rotatable bonds is 4. The van der Waals surface area contributed by atoms with Crippen LogP contribution >= 0.6 is 0 Å². The van der Waals surface area contributed by atoms with E-state index in [0.717, 1.165) is 13.0 Å². The summed E-state index contributed by atoms with van der Waals surface area (Å²) < 4.78 is 11.4. The summed E-state index contributed by atoms with van der Waals surface area (Å²) >= 11 is 0. The van der Waals surface area contributed by atoms with Crippen LogP contribution in [0.5, 0.6) is 0 Å². The average molecular weight is 289 g/mol. The topological polar surface area (TPSA) is 90.4 Å². The molecule has 1 aliphatic carbocycles. The van der Waals surface area contributed by atoms with Gasteiger partial charge in [0.1, 0.15) is 5.52 Å². The fourth-order valence-corrected chi connectivity index (χ4v) is 2.90. The van der Waals surface area contributed by atoms with Crippen LogP contribution in [-0.2, 0) is 4.74 Å². The van der Waals surface area contributed by atoms with Crippen LogP contribution in [0.15, 0.2) is 22.6 Å². The van der Waals surface area contributed by atoms with Crippen molar-refractivity contribution in [2.45, 2.75) is 31.4 Å². The van der Waals surface area contributed by atoms with Gasteiger partial charge in [0.25, 0.3) is 11.7 Å². The Hall–Kier alpha value is -2.15. The van der Waals surface area contributed by atoms with Gasteiger partial charge in [-0.25, -0.2) is 0 Å². The highest BCUT2D eigenvalue weighted by Gasteiger charge is 2.41. The van der Waals surface area contributed by atoms with Gasteiger partial charge in [-0.2, -0.15) is 4.98 Å². The summed E-state index contributed by atoms with van der Waals surface area (Å²) in [4.78, 5) is 14.7. The zero-order valence-electron chi connectivity index (χ0n) is 11.3. The second-order valence-corrected chi connectivity index (χ2v) is 5.64. The normalized spacial score (nSPS) is 25.3. The average Bonchev–Trinajstić information content (AvgIpc) is 3.07. The van der Waals surface area contributed by atoms with E-state index < -0.39 is 4.92 Å². The third-order valence-electron chi connectivity index (χ3n) is 4.11. The lowest BCUT2D eigenvalue weighted by Gasteiger charge is -2.17. The largest absolute Gasteiger partial charge is 0.423 e. The van der Waals surface area contributed by atoms with E-state index >= 15 is 0 Å². The predicted octanol–water partition coefficient (Wildman–Crippen LogP) is 2.72. The quantitative estimate of drug-likeness (QED) is 0.687. The molecule has 2 unspecified atom stereocenters. The van der Waals surface area contributed by atoms with Crippen LogP contribution in [0, 0.1) is 16.0 Å².